The highest BCUT2D eigenvalue weighted by Crippen LogP contribution is 2.36. The van der Waals surface area contributed by atoms with Crippen molar-refractivity contribution in [2.45, 2.75) is 49.3 Å². The summed E-state index contributed by atoms with van der Waals surface area (Å²) in [5, 5.41) is 5.74. The van der Waals surface area contributed by atoms with Crippen molar-refractivity contribution >= 4 is 21.4 Å². The molecule has 0 aromatic carbocycles. The lowest BCUT2D eigenvalue weighted by atomic mass is 10.1. The molecule has 2 aromatic rings. The van der Waals surface area contributed by atoms with E-state index in [0.717, 1.165) is 12.8 Å². The molecule has 8 heteroatoms. The van der Waals surface area contributed by atoms with E-state index in [2.05, 4.69) is 10.1 Å². The van der Waals surface area contributed by atoms with E-state index in [1.165, 1.54) is 15.6 Å². The second-order valence-corrected chi connectivity index (χ2v) is 8.77. The van der Waals surface area contributed by atoms with E-state index in [0.29, 0.717) is 28.9 Å². The van der Waals surface area contributed by atoms with Gasteiger partial charge in [-0.15, -0.1) is 11.3 Å². The Labute approximate surface area is 134 Å². The van der Waals surface area contributed by atoms with Crippen LogP contribution in [-0.4, -0.2) is 29.4 Å². The van der Waals surface area contributed by atoms with E-state index in [9.17, 15) is 8.42 Å². The van der Waals surface area contributed by atoms with Gasteiger partial charge in [0.25, 0.3) is 10.0 Å². The summed E-state index contributed by atoms with van der Waals surface area (Å²) in [7, 11) is -3.50. The van der Waals surface area contributed by atoms with E-state index in [4.69, 9.17) is 4.52 Å². The maximum atomic E-state index is 12.8. The third-order valence-electron chi connectivity index (χ3n) is 3.77. The molecular formula is C14H19N3O3S2. The Morgan fingerprint density at radius 3 is 2.86 bits per heavy atom. The van der Waals surface area contributed by atoms with Crippen molar-refractivity contribution in [1.29, 1.82) is 0 Å². The van der Waals surface area contributed by atoms with Crippen LogP contribution < -0.4 is 0 Å². The molecule has 0 spiro atoms. The molecule has 0 amide bonds. The highest BCUT2D eigenvalue weighted by atomic mass is 32.2. The number of sulfonamides is 1. The van der Waals surface area contributed by atoms with E-state index in [-0.39, 0.29) is 12.0 Å². The van der Waals surface area contributed by atoms with Gasteiger partial charge in [-0.25, -0.2) is 8.42 Å². The number of nitrogens with zero attached hydrogens (tertiary/aromatic N) is 3. The van der Waals surface area contributed by atoms with Gasteiger partial charge >= 0.3 is 0 Å². The fraction of sp³-hybridized carbons (Fsp3) is 0.571. The molecule has 0 aliphatic carbocycles. The normalized spacial score (nSPS) is 20.6. The average molecular weight is 341 g/mol. The Bertz CT molecular complexity index is 722. The predicted molar refractivity (Wildman–Crippen MR) is 83.2 cm³/mol. The van der Waals surface area contributed by atoms with Crippen LogP contribution in [0.1, 0.15) is 56.8 Å². The Hall–Kier alpha value is -1.25. The number of thiophene rings is 1. The van der Waals surface area contributed by atoms with Gasteiger partial charge in [-0.2, -0.15) is 9.29 Å². The first-order valence-electron chi connectivity index (χ1n) is 7.39. The highest BCUT2D eigenvalue weighted by molar-refractivity contribution is 7.91. The molecule has 3 heterocycles. The maximum Gasteiger partial charge on any atom is 0.253 e. The molecule has 6 nitrogen and oxygen atoms in total. The van der Waals surface area contributed by atoms with Crippen molar-refractivity contribution in [2.75, 3.05) is 6.54 Å². The van der Waals surface area contributed by atoms with E-state index in [1.807, 2.05) is 13.8 Å². The molecule has 2 aromatic heterocycles. The van der Waals surface area contributed by atoms with Crippen molar-refractivity contribution < 1.29 is 12.9 Å². The van der Waals surface area contributed by atoms with E-state index >= 15 is 0 Å². The first-order valence-corrected chi connectivity index (χ1v) is 9.71. The van der Waals surface area contributed by atoms with Gasteiger partial charge in [-0.05, 0) is 24.3 Å². The fourth-order valence-corrected chi connectivity index (χ4v) is 5.35. The van der Waals surface area contributed by atoms with Gasteiger partial charge in [0, 0.05) is 12.5 Å². The van der Waals surface area contributed by atoms with Gasteiger partial charge < -0.3 is 4.52 Å². The largest absolute Gasteiger partial charge is 0.338 e. The third-order valence-corrected chi connectivity index (χ3v) is 7.05. The Morgan fingerprint density at radius 1 is 1.41 bits per heavy atom. The van der Waals surface area contributed by atoms with Crippen LogP contribution in [0.25, 0.3) is 0 Å². The summed E-state index contributed by atoms with van der Waals surface area (Å²) in [5.41, 5.74) is 0. The standard InChI is InChI=1S/C14H19N3O3S2/c1-10(2)13-15-14(20-16-13)11-6-3-4-8-17(11)22(18,19)12-7-5-9-21-12/h5,7,9-11H,3-4,6,8H2,1-2H3/t11-/m0/s1. The van der Waals surface area contributed by atoms with Crippen molar-refractivity contribution in [3.05, 3.63) is 29.2 Å². The minimum atomic E-state index is -3.50. The summed E-state index contributed by atoms with van der Waals surface area (Å²) in [6, 6.07) is 3.03. The minimum absolute atomic E-state index is 0.156. The molecule has 0 N–H and O–H groups in total. The van der Waals surface area contributed by atoms with Crippen molar-refractivity contribution in [2.24, 2.45) is 0 Å². The van der Waals surface area contributed by atoms with E-state index < -0.39 is 10.0 Å². The molecule has 1 aliphatic heterocycles. The van der Waals surface area contributed by atoms with Crippen LogP contribution in [0.2, 0.25) is 0 Å². The van der Waals surface area contributed by atoms with Gasteiger partial charge in [-0.3, -0.25) is 0 Å². The van der Waals surface area contributed by atoms with Crippen LogP contribution in [0.5, 0.6) is 0 Å². The molecular weight excluding hydrogens is 322 g/mol. The Balaban J connectivity index is 1.94. The van der Waals surface area contributed by atoms with Crippen molar-refractivity contribution in [3.63, 3.8) is 0 Å². The van der Waals surface area contributed by atoms with Gasteiger partial charge in [0.05, 0.1) is 0 Å². The van der Waals surface area contributed by atoms with Crippen LogP contribution >= 0.6 is 11.3 Å². The number of aromatic nitrogens is 2. The zero-order chi connectivity index (χ0) is 15.7. The first-order chi connectivity index (χ1) is 10.5. The summed E-state index contributed by atoms with van der Waals surface area (Å²) >= 11 is 1.23. The van der Waals surface area contributed by atoms with Crippen LogP contribution in [0.4, 0.5) is 0 Å². The number of hydrogen-bond donors (Lipinski definition) is 0. The Kier molecular flexibility index (Phi) is 4.33. The number of hydrogen-bond acceptors (Lipinski definition) is 6. The molecule has 1 fully saturated rings. The van der Waals surface area contributed by atoms with Gasteiger partial charge in [0.1, 0.15) is 10.3 Å². The van der Waals surface area contributed by atoms with Crippen LogP contribution in [0.15, 0.2) is 26.2 Å². The van der Waals surface area contributed by atoms with Crippen LogP contribution in [0.3, 0.4) is 0 Å². The molecule has 3 rings (SSSR count). The monoisotopic (exact) mass is 341 g/mol. The lowest BCUT2D eigenvalue weighted by Gasteiger charge is -2.31. The average Bonchev–Trinajstić information content (AvgIpc) is 3.19. The van der Waals surface area contributed by atoms with Crippen molar-refractivity contribution in [1.82, 2.24) is 14.4 Å². The SMILES string of the molecule is CC(C)c1noc([C@@H]2CCCCN2S(=O)(=O)c2cccs2)n1. The van der Waals surface area contributed by atoms with Gasteiger partial charge in [0.2, 0.25) is 5.89 Å². The summed E-state index contributed by atoms with van der Waals surface area (Å²) in [6.07, 6.45) is 2.52. The van der Waals surface area contributed by atoms with Crippen LogP contribution in [-0.2, 0) is 10.0 Å². The zero-order valence-electron chi connectivity index (χ0n) is 12.6. The summed E-state index contributed by atoms with van der Waals surface area (Å²) in [6.45, 7) is 4.45. The van der Waals surface area contributed by atoms with Gasteiger partial charge in [-0.1, -0.05) is 31.5 Å². The fourth-order valence-electron chi connectivity index (χ4n) is 2.58. The van der Waals surface area contributed by atoms with Crippen LogP contribution in [0, 0.1) is 0 Å². The molecule has 1 atom stereocenters. The minimum Gasteiger partial charge on any atom is -0.338 e. The second-order valence-electron chi connectivity index (χ2n) is 5.70. The smallest absolute Gasteiger partial charge is 0.253 e. The quantitative estimate of drug-likeness (QED) is 0.853. The summed E-state index contributed by atoms with van der Waals surface area (Å²) in [4.78, 5) is 4.40. The number of rotatable bonds is 4. The molecule has 120 valence electrons. The lowest BCUT2D eigenvalue weighted by Crippen LogP contribution is -2.38. The molecule has 0 saturated carbocycles. The Morgan fingerprint density at radius 2 is 2.23 bits per heavy atom. The van der Waals surface area contributed by atoms with Crippen molar-refractivity contribution in [3.8, 4) is 0 Å². The maximum absolute atomic E-state index is 12.8. The topological polar surface area (TPSA) is 76.3 Å². The number of piperidine rings is 1. The second kappa shape index (κ2) is 6.10. The lowest BCUT2D eigenvalue weighted by molar-refractivity contribution is 0.204. The molecule has 0 radical (unpaired) electrons. The molecule has 0 unspecified atom stereocenters. The van der Waals surface area contributed by atoms with E-state index in [1.54, 1.807) is 17.5 Å². The molecule has 1 aliphatic rings. The zero-order valence-corrected chi connectivity index (χ0v) is 14.2. The summed E-state index contributed by atoms with van der Waals surface area (Å²) < 4.78 is 32.9. The predicted octanol–water partition coefficient (Wildman–Crippen LogP) is 3.17. The summed E-state index contributed by atoms with van der Waals surface area (Å²) in [5.74, 6) is 1.18. The third kappa shape index (κ3) is 2.82. The molecule has 1 saturated heterocycles. The molecule has 0 bridgehead atoms. The van der Waals surface area contributed by atoms with Gasteiger partial charge in [0.15, 0.2) is 5.82 Å². The first kappa shape index (κ1) is 15.6. The highest BCUT2D eigenvalue weighted by Gasteiger charge is 2.38. The molecule has 22 heavy (non-hydrogen) atoms.